The van der Waals surface area contributed by atoms with Crippen LogP contribution in [0, 0.1) is 0 Å². The van der Waals surface area contributed by atoms with Crippen molar-refractivity contribution in [2.24, 2.45) is 0 Å². The van der Waals surface area contributed by atoms with Gasteiger partial charge in [-0.05, 0) is 29.8 Å². The van der Waals surface area contributed by atoms with Crippen LogP contribution in [0.3, 0.4) is 0 Å². The molecule has 108 valence electrons. The molecule has 0 bridgehead atoms. The van der Waals surface area contributed by atoms with Gasteiger partial charge in [0.2, 0.25) is 12.5 Å². The van der Waals surface area contributed by atoms with Gasteiger partial charge in [-0.1, -0.05) is 6.07 Å². The zero-order valence-electron chi connectivity index (χ0n) is 10.9. The normalized spacial score (nSPS) is 12.4. The van der Waals surface area contributed by atoms with E-state index in [0.717, 1.165) is 6.07 Å². The highest BCUT2D eigenvalue weighted by molar-refractivity contribution is 6.01. The van der Waals surface area contributed by atoms with Crippen molar-refractivity contribution in [3.05, 3.63) is 41.5 Å². The van der Waals surface area contributed by atoms with Crippen molar-refractivity contribution in [2.75, 3.05) is 6.79 Å². The summed E-state index contributed by atoms with van der Waals surface area (Å²) in [6.07, 6.45) is 0.0222. The fraction of sp³-hybridized carbons (Fsp3) is 0.133. The van der Waals surface area contributed by atoms with Gasteiger partial charge in [-0.3, -0.25) is 4.79 Å². The summed E-state index contributed by atoms with van der Waals surface area (Å²) in [5.74, 6) is -1.00. The maximum atomic E-state index is 12.2. The van der Waals surface area contributed by atoms with Crippen molar-refractivity contribution >= 4 is 5.78 Å². The lowest BCUT2D eigenvalue weighted by Gasteiger charge is -2.07. The van der Waals surface area contributed by atoms with Crippen LogP contribution in [0.2, 0.25) is 0 Å². The van der Waals surface area contributed by atoms with Crippen LogP contribution in [-0.4, -0.2) is 27.9 Å². The van der Waals surface area contributed by atoms with Crippen molar-refractivity contribution in [3.63, 3.8) is 0 Å². The van der Waals surface area contributed by atoms with Gasteiger partial charge in [0.15, 0.2) is 28.8 Å². The average Bonchev–Trinajstić information content (AvgIpc) is 2.92. The zero-order valence-corrected chi connectivity index (χ0v) is 10.9. The maximum absolute atomic E-state index is 12.2. The summed E-state index contributed by atoms with van der Waals surface area (Å²) in [5, 5.41) is 28.4. The summed E-state index contributed by atoms with van der Waals surface area (Å²) >= 11 is 0. The summed E-state index contributed by atoms with van der Waals surface area (Å²) in [4.78, 5) is 12.2. The van der Waals surface area contributed by atoms with Crippen molar-refractivity contribution in [3.8, 4) is 28.7 Å². The minimum Gasteiger partial charge on any atom is -0.504 e. The number of ether oxygens (including phenoxy) is 2. The average molecular weight is 288 g/mol. The highest BCUT2D eigenvalue weighted by atomic mass is 16.7. The van der Waals surface area contributed by atoms with Crippen LogP contribution in [-0.2, 0) is 6.42 Å². The second-order valence-electron chi connectivity index (χ2n) is 4.62. The number of carbonyl (C=O) groups excluding carboxylic acids is 1. The van der Waals surface area contributed by atoms with Gasteiger partial charge < -0.3 is 24.8 Å². The van der Waals surface area contributed by atoms with Crippen molar-refractivity contribution in [1.29, 1.82) is 0 Å². The van der Waals surface area contributed by atoms with E-state index in [4.69, 9.17) is 9.47 Å². The molecule has 0 aliphatic carbocycles. The first-order valence-corrected chi connectivity index (χ1v) is 6.22. The maximum Gasteiger partial charge on any atom is 0.231 e. The molecule has 1 aliphatic rings. The van der Waals surface area contributed by atoms with Crippen LogP contribution < -0.4 is 9.47 Å². The summed E-state index contributed by atoms with van der Waals surface area (Å²) in [7, 11) is 0. The van der Waals surface area contributed by atoms with E-state index < -0.39 is 17.2 Å². The number of ketones is 1. The Morgan fingerprint density at radius 1 is 1.00 bits per heavy atom. The van der Waals surface area contributed by atoms with E-state index in [9.17, 15) is 20.1 Å². The lowest BCUT2D eigenvalue weighted by Crippen LogP contribution is -2.04. The molecule has 2 aromatic carbocycles. The van der Waals surface area contributed by atoms with Gasteiger partial charge in [-0.2, -0.15) is 0 Å². The minimum atomic E-state index is -0.702. The monoisotopic (exact) mass is 288 g/mol. The summed E-state index contributed by atoms with van der Waals surface area (Å²) in [6, 6.07) is 7.54. The van der Waals surface area contributed by atoms with E-state index in [1.165, 1.54) is 6.07 Å². The van der Waals surface area contributed by atoms with Crippen molar-refractivity contribution in [2.45, 2.75) is 6.42 Å². The molecule has 3 N–H and O–H groups in total. The van der Waals surface area contributed by atoms with Gasteiger partial charge in [-0.15, -0.1) is 0 Å². The van der Waals surface area contributed by atoms with E-state index >= 15 is 0 Å². The highest BCUT2D eigenvalue weighted by Crippen LogP contribution is 2.38. The number of benzene rings is 2. The molecule has 1 aliphatic heterocycles. The van der Waals surface area contributed by atoms with Crippen LogP contribution in [0.15, 0.2) is 30.3 Å². The first-order valence-electron chi connectivity index (χ1n) is 6.22. The first-order chi connectivity index (χ1) is 10.1. The highest BCUT2D eigenvalue weighted by Gasteiger charge is 2.19. The smallest absolute Gasteiger partial charge is 0.231 e. The Morgan fingerprint density at radius 2 is 1.76 bits per heavy atom. The number of hydrogen-bond acceptors (Lipinski definition) is 6. The fourth-order valence-corrected chi connectivity index (χ4v) is 2.13. The summed E-state index contributed by atoms with van der Waals surface area (Å²) in [6.45, 7) is 0.152. The molecule has 1 heterocycles. The van der Waals surface area contributed by atoms with Gasteiger partial charge in [-0.25, -0.2) is 0 Å². The Balaban J connectivity index is 1.85. The van der Waals surface area contributed by atoms with Crippen molar-refractivity contribution in [1.82, 2.24) is 0 Å². The quantitative estimate of drug-likeness (QED) is 0.590. The predicted molar refractivity (Wildman–Crippen MR) is 72.0 cm³/mol. The van der Waals surface area contributed by atoms with Crippen molar-refractivity contribution < 1.29 is 29.6 Å². The third-order valence-electron chi connectivity index (χ3n) is 3.23. The number of hydrogen-bond donors (Lipinski definition) is 3. The number of rotatable bonds is 3. The third-order valence-corrected chi connectivity index (χ3v) is 3.23. The number of phenolic OH excluding ortho intramolecular Hbond substituents is 3. The lowest BCUT2D eigenvalue weighted by atomic mass is 10.0. The molecule has 3 rings (SSSR count). The Labute approximate surface area is 119 Å². The van der Waals surface area contributed by atoms with Gasteiger partial charge in [0.1, 0.15) is 0 Å². The number of aromatic hydroxyl groups is 3. The van der Waals surface area contributed by atoms with E-state index in [2.05, 4.69) is 0 Å². The third kappa shape index (κ3) is 2.31. The van der Waals surface area contributed by atoms with E-state index in [1.807, 2.05) is 0 Å². The standard InChI is InChI=1S/C15H12O6/c16-10-3-2-9(14(18)15(10)19)11(17)5-8-1-4-12-13(6-8)21-7-20-12/h1-4,6,16,18-19H,5,7H2. The molecular weight excluding hydrogens is 276 g/mol. The molecular formula is C15H12O6. The van der Waals surface area contributed by atoms with E-state index in [0.29, 0.717) is 17.1 Å². The number of Topliss-reactive ketones (excluding diaryl/α,β-unsaturated/α-hetero) is 1. The molecule has 0 saturated carbocycles. The molecule has 0 spiro atoms. The number of phenols is 3. The molecule has 2 aromatic rings. The van der Waals surface area contributed by atoms with Crippen LogP contribution in [0.4, 0.5) is 0 Å². The van der Waals surface area contributed by atoms with E-state index in [1.54, 1.807) is 18.2 Å². The Hall–Kier alpha value is -2.89. The zero-order chi connectivity index (χ0) is 15.0. The van der Waals surface area contributed by atoms with Gasteiger partial charge >= 0.3 is 0 Å². The molecule has 0 amide bonds. The molecule has 21 heavy (non-hydrogen) atoms. The second-order valence-corrected chi connectivity index (χ2v) is 4.62. The topological polar surface area (TPSA) is 96.2 Å². The SMILES string of the molecule is O=C(Cc1ccc2c(c1)OCO2)c1ccc(O)c(O)c1O. The van der Waals surface area contributed by atoms with E-state index in [-0.39, 0.29) is 24.6 Å². The lowest BCUT2D eigenvalue weighted by molar-refractivity contribution is 0.0989. The van der Waals surface area contributed by atoms with Crippen LogP contribution in [0.25, 0.3) is 0 Å². The molecule has 6 heteroatoms. The van der Waals surface area contributed by atoms with Gasteiger partial charge in [0, 0.05) is 6.42 Å². The molecule has 0 aromatic heterocycles. The fourth-order valence-electron chi connectivity index (χ4n) is 2.13. The molecule has 0 saturated heterocycles. The summed E-state index contributed by atoms with van der Waals surface area (Å²) < 4.78 is 10.4. The van der Waals surface area contributed by atoms with Crippen LogP contribution in [0.5, 0.6) is 28.7 Å². The Kier molecular flexibility index (Phi) is 3.06. The van der Waals surface area contributed by atoms with Crippen LogP contribution >= 0.6 is 0 Å². The largest absolute Gasteiger partial charge is 0.504 e. The van der Waals surface area contributed by atoms with Gasteiger partial charge in [0.25, 0.3) is 0 Å². The number of carbonyl (C=O) groups is 1. The summed E-state index contributed by atoms with van der Waals surface area (Å²) in [5.41, 5.74) is 0.638. The number of fused-ring (bicyclic) bond motifs is 1. The molecule has 0 radical (unpaired) electrons. The van der Waals surface area contributed by atoms with Crippen LogP contribution in [0.1, 0.15) is 15.9 Å². The minimum absolute atomic E-state index is 0.0222. The second kappa shape index (κ2) is 4.90. The Morgan fingerprint density at radius 3 is 2.57 bits per heavy atom. The first kappa shape index (κ1) is 13.1. The molecule has 0 atom stereocenters. The van der Waals surface area contributed by atoms with Gasteiger partial charge in [0.05, 0.1) is 5.56 Å². The molecule has 6 nitrogen and oxygen atoms in total. The molecule has 0 unspecified atom stereocenters. The Bertz CT molecular complexity index is 722. The predicted octanol–water partition coefficient (Wildman–Crippen LogP) is 1.96. The molecule has 0 fully saturated rings.